The van der Waals surface area contributed by atoms with Gasteiger partial charge in [0.25, 0.3) is 5.91 Å². The number of piperidine rings is 1. The van der Waals surface area contributed by atoms with Crippen LogP contribution in [0.25, 0.3) is 5.65 Å². The number of benzene rings is 1. The molecular weight excluding hydrogens is 532 g/mol. The number of fused-ring (bicyclic) bond motifs is 5. The maximum Gasteiger partial charge on any atom is 0.258 e. The molecule has 40 heavy (non-hydrogen) atoms. The van der Waals surface area contributed by atoms with Gasteiger partial charge in [-0.25, -0.2) is 9.97 Å². The Morgan fingerprint density at radius 3 is 2.83 bits per heavy atom. The molecule has 3 aromatic heterocycles. The van der Waals surface area contributed by atoms with Gasteiger partial charge in [-0.05, 0) is 37.5 Å². The predicted molar refractivity (Wildman–Crippen MR) is 150 cm³/mol. The molecule has 1 unspecified atom stereocenters. The molecule has 3 aliphatic rings. The van der Waals surface area contributed by atoms with E-state index in [9.17, 15) is 9.90 Å². The highest BCUT2D eigenvalue weighted by molar-refractivity contribution is 6.31. The first kappa shape index (κ1) is 25.2. The number of halogens is 1. The van der Waals surface area contributed by atoms with E-state index in [-0.39, 0.29) is 24.7 Å². The predicted octanol–water partition coefficient (Wildman–Crippen LogP) is 3.16. The molecule has 1 aromatic carbocycles. The van der Waals surface area contributed by atoms with E-state index >= 15 is 0 Å². The first-order valence-electron chi connectivity index (χ1n) is 13.7. The van der Waals surface area contributed by atoms with E-state index in [2.05, 4.69) is 19.4 Å². The van der Waals surface area contributed by atoms with Gasteiger partial charge in [-0.1, -0.05) is 11.6 Å². The maximum absolute atomic E-state index is 14.1. The van der Waals surface area contributed by atoms with Crippen LogP contribution in [0, 0.1) is 0 Å². The molecule has 1 atom stereocenters. The number of rotatable bonds is 1. The third-order valence-corrected chi connectivity index (χ3v) is 8.34. The summed E-state index contributed by atoms with van der Waals surface area (Å²) in [5.74, 6) is 2.82. The molecule has 4 aromatic rings. The van der Waals surface area contributed by atoms with Gasteiger partial charge in [0.15, 0.2) is 5.65 Å². The van der Waals surface area contributed by atoms with Crippen LogP contribution >= 0.6 is 11.6 Å². The zero-order valence-electron chi connectivity index (χ0n) is 22.3. The largest absolute Gasteiger partial charge is 0.485 e. The standard InChI is InChI=1S/C28H31ClN8O3/c1-33-10-11-34-9-7-30-26(34)17-40-23-6-5-18(29)12-20(23)28(39)36-8-3-2-4-22(36)21-13-25-31-24(35-15-19(38)16-35)14-27(33)37(25)32-21/h5-7,9,12-14,19,22,38H,2-4,8,10-11,15-17H2,1H3. The van der Waals surface area contributed by atoms with Crippen LogP contribution in [0.5, 0.6) is 5.75 Å². The molecule has 11 nitrogen and oxygen atoms in total. The number of carbonyl (C=O) groups excluding carboxylic acids is 1. The Balaban J connectivity index is 1.37. The van der Waals surface area contributed by atoms with Crippen molar-refractivity contribution < 1.29 is 14.6 Å². The SMILES string of the molecule is CN1CCn2ccnc2COc2ccc(Cl)cc2C(=O)N2CCCCC2c2cc3nc(N4CC(O)C4)cc1n3n2. The lowest BCUT2D eigenvalue weighted by Crippen LogP contribution is -2.51. The Labute approximate surface area is 236 Å². The molecule has 12 heteroatoms. The summed E-state index contributed by atoms with van der Waals surface area (Å²) in [6.07, 6.45) is 6.08. The number of anilines is 2. The van der Waals surface area contributed by atoms with E-state index in [0.29, 0.717) is 54.7 Å². The summed E-state index contributed by atoms with van der Waals surface area (Å²) in [5.41, 5.74) is 1.96. The lowest BCUT2D eigenvalue weighted by atomic mass is 9.98. The number of ether oxygens (including phenoxy) is 1. The molecule has 3 aliphatic heterocycles. The van der Waals surface area contributed by atoms with Gasteiger partial charge in [-0.2, -0.15) is 9.61 Å². The third-order valence-electron chi connectivity index (χ3n) is 8.10. The summed E-state index contributed by atoms with van der Waals surface area (Å²) in [6, 6.07) is 9.01. The average molecular weight is 563 g/mol. The molecule has 208 valence electrons. The van der Waals surface area contributed by atoms with E-state index in [1.807, 2.05) is 34.8 Å². The molecule has 2 fully saturated rings. The minimum absolute atomic E-state index is 0.129. The van der Waals surface area contributed by atoms with Crippen LogP contribution in [0.4, 0.5) is 11.6 Å². The van der Waals surface area contributed by atoms with Gasteiger partial charge < -0.3 is 29.1 Å². The smallest absolute Gasteiger partial charge is 0.258 e. The maximum atomic E-state index is 14.1. The molecule has 0 radical (unpaired) electrons. The monoisotopic (exact) mass is 562 g/mol. The number of imidazole rings is 1. The summed E-state index contributed by atoms with van der Waals surface area (Å²) in [5, 5.41) is 15.4. The van der Waals surface area contributed by atoms with Crippen molar-refractivity contribution in [3.05, 3.63) is 64.8 Å². The molecule has 1 N–H and O–H groups in total. The molecule has 2 saturated heterocycles. The number of nitrogens with zero attached hydrogens (tertiary/aromatic N) is 8. The second kappa shape index (κ2) is 9.97. The molecule has 0 aliphatic carbocycles. The molecular formula is C28H31ClN8O3. The van der Waals surface area contributed by atoms with E-state index in [1.54, 1.807) is 24.4 Å². The van der Waals surface area contributed by atoms with Crippen molar-refractivity contribution in [3.8, 4) is 5.75 Å². The van der Waals surface area contributed by atoms with E-state index in [1.165, 1.54) is 0 Å². The number of aliphatic hydroxyl groups excluding tert-OH is 1. The van der Waals surface area contributed by atoms with Gasteiger partial charge in [-0.3, -0.25) is 4.79 Å². The highest BCUT2D eigenvalue weighted by Crippen LogP contribution is 2.36. The number of carbonyl (C=O) groups is 1. The Morgan fingerprint density at radius 2 is 1.98 bits per heavy atom. The molecule has 2 bridgehead atoms. The van der Waals surface area contributed by atoms with Crippen LogP contribution in [-0.2, 0) is 13.2 Å². The number of aromatic nitrogens is 5. The summed E-state index contributed by atoms with van der Waals surface area (Å²) in [4.78, 5) is 29.6. The first-order chi connectivity index (χ1) is 19.4. The zero-order chi connectivity index (χ0) is 27.4. The van der Waals surface area contributed by atoms with Crippen LogP contribution in [0.3, 0.4) is 0 Å². The molecule has 0 spiro atoms. The van der Waals surface area contributed by atoms with Gasteiger partial charge in [0, 0.05) is 69.3 Å². The Kier molecular flexibility index (Phi) is 6.27. The van der Waals surface area contributed by atoms with Crippen LogP contribution < -0.4 is 14.5 Å². The number of amides is 1. The topological polar surface area (TPSA) is 104 Å². The Bertz CT molecular complexity index is 1580. The average Bonchev–Trinajstić information content (AvgIpc) is 3.59. The number of aliphatic hydroxyl groups is 1. The van der Waals surface area contributed by atoms with Crippen LogP contribution in [0.1, 0.15) is 47.2 Å². The van der Waals surface area contributed by atoms with Crippen molar-refractivity contribution in [2.45, 2.75) is 44.6 Å². The quantitative estimate of drug-likeness (QED) is 0.377. The molecule has 7 rings (SSSR count). The fraction of sp³-hybridized carbons (Fsp3) is 0.429. The second-order valence-electron chi connectivity index (χ2n) is 10.8. The minimum atomic E-state index is -0.339. The fourth-order valence-electron chi connectivity index (χ4n) is 5.83. The van der Waals surface area contributed by atoms with E-state index < -0.39 is 0 Å². The molecule has 1 amide bonds. The summed E-state index contributed by atoms with van der Waals surface area (Å²) in [6.45, 7) is 3.32. The Hall–Kier alpha value is -3.83. The Morgan fingerprint density at radius 1 is 1.10 bits per heavy atom. The third kappa shape index (κ3) is 4.43. The second-order valence-corrected chi connectivity index (χ2v) is 11.2. The van der Waals surface area contributed by atoms with Crippen molar-refractivity contribution >= 4 is 34.8 Å². The van der Waals surface area contributed by atoms with E-state index in [4.69, 9.17) is 26.4 Å². The number of hydrogen-bond acceptors (Lipinski definition) is 8. The number of hydrogen-bond donors (Lipinski definition) is 1. The highest BCUT2D eigenvalue weighted by atomic mass is 35.5. The van der Waals surface area contributed by atoms with Crippen LogP contribution in [0.15, 0.2) is 42.7 Å². The minimum Gasteiger partial charge on any atom is -0.485 e. The highest BCUT2D eigenvalue weighted by Gasteiger charge is 2.33. The van der Waals surface area contributed by atoms with Crippen molar-refractivity contribution in [2.24, 2.45) is 0 Å². The van der Waals surface area contributed by atoms with Crippen molar-refractivity contribution in [1.82, 2.24) is 29.0 Å². The zero-order valence-corrected chi connectivity index (χ0v) is 23.0. The number of β-amino-alcohol motifs (C(OH)–C–C–N with tert-alkyl or cyclic N) is 1. The van der Waals surface area contributed by atoms with Crippen molar-refractivity contribution in [1.29, 1.82) is 0 Å². The first-order valence-corrected chi connectivity index (χ1v) is 14.1. The van der Waals surface area contributed by atoms with Gasteiger partial charge in [0.05, 0.1) is 23.4 Å². The number of likely N-dealkylation sites (N-methyl/N-ethyl adjacent to an activating group) is 1. The van der Waals surface area contributed by atoms with Gasteiger partial charge in [0.2, 0.25) is 0 Å². The van der Waals surface area contributed by atoms with Gasteiger partial charge in [0.1, 0.15) is 29.8 Å². The molecule has 6 heterocycles. The van der Waals surface area contributed by atoms with Crippen molar-refractivity contribution in [3.63, 3.8) is 0 Å². The van der Waals surface area contributed by atoms with Crippen LogP contribution in [0.2, 0.25) is 5.02 Å². The van der Waals surface area contributed by atoms with E-state index in [0.717, 1.165) is 42.4 Å². The van der Waals surface area contributed by atoms with Gasteiger partial charge >= 0.3 is 0 Å². The summed E-state index contributed by atoms with van der Waals surface area (Å²) in [7, 11) is 2.04. The van der Waals surface area contributed by atoms with Gasteiger partial charge in [-0.15, -0.1) is 0 Å². The fourth-order valence-corrected chi connectivity index (χ4v) is 6.01. The van der Waals surface area contributed by atoms with Crippen LogP contribution in [-0.4, -0.2) is 79.4 Å². The summed E-state index contributed by atoms with van der Waals surface area (Å²) >= 11 is 6.37. The lowest BCUT2D eigenvalue weighted by molar-refractivity contribution is 0.0600. The summed E-state index contributed by atoms with van der Waals surface area (Å²) < 4.78 is 10.1. The lowest BCUT2D eigenvalue weighted by Gasteiger charge is -2.37. The molecule has 0 saturated carbocycles. The normalized spacial score (nSPS) is 20.2. The van der Waals surface area contributed by atoms with Crippen molar-refractivity contribution in [2.75, 3.05) is 43.0 Å².